The Morgan fingerprint density at radius 3 is 2.50 bits per heavy atom. The second-order valence-electron chi connectivity index (χ2n) is 4.34. The predicted molar refractivity (Wildman–Crippen MR) is 66.8 cm³/mol. The topological polar surface area (TPSA) is 70.5 Å². The van der Waals surface area contributed by atoms with Gasteiger partial charge in [-0.25, -0.2) is 0 Å². The lowest BCUT2D eigenvalue weighted by molar-refractivity contribution is 0.171. The lowest BCUT2D eigenvalue weighted by Crippen LogP contribution is -2.17. The molecule has 2 N–H and O–H groups in total. The molecule has 1 aromatic heterocycles. The van der Waals surface area contributed by atoms with Gasteiger partial charge in [0.2, 0.25) is 5.88 Å². The molecular formula is C13H14N2O3. The smallest absolute Gasteiger partial charge is 0.222 e. The van der Waals surface area contributed by atoms with Crippen molar-refractivity contribution in [3.63, 3.8) is 0 Å². The highest BCUT2D eigenvalue weighted by Gasteiger charge is 2.22. The maximum Gasteiger partial charge on any atom is 0.222 e. The number of aromatic nitrogens is 1. The van der Waals surface area contributed by atoms with Crippen LogP contribution in [0.15, 0.2) is 16.7 Å². The van der Waals surface area contributed by atoms with Crippen molar-refractivity contribution >= 4 is 5.88 Å². The van der Waals surface area contributed by atoms with E-state index in [-0.39, 0.29) is 5.88 Å². The van der Waals surface area contributed by atoms with Gasteiger partial charge in [0, 0.05) is 6.07 Å². The number of benzene rings is 1. The summed E-state index contributed by atoms with van der Waals surface area (Å²) in [5.41, 5.74) is 9.29. The van der Waals surface area contributed by atoms with Gasteiger partial charge in [0.1, 0.15) is 18.9 Å². The van der Waals surface area contributed by atoms with E-state index in [9.17, 15) is 0 Å². The van der Waals surface area contributed by atoms with E-state index in [1.54, 1.807) is 6.07 Å². The number of ether oxygens (including phenoxy) is 2. The molecule has 94 valence electrons. The van der Waals surface area contributed by atoms with Crippen LogP contribution in [0.5, 0.6) is 11.5 Å². The third-order valence-corrected chi connectivity index (χ3v) is 3.12. The maximum absolute atomic E-state index is 5.71. The molecule has 0 spiro atoms. The fourth-order valence-electron chi connectivity index (χ4n) is 2.07. The van der Waals surface area contributed by atoms with Crippen molar-refractivity contribution in [2.24, 2.45) is 0 Å². The number of nitrogens with two attached hydrogens (primary N) is 1. The Morgan fingerprint density at radius 1 is 1.11 bits per heavy atom. The van der Waals surface area contributed by atoms with Crippen LogP contribution in [0.25, 0.3) is 11.3 Å². The molecule has 5 nitrogen and oxygen atoms in total. The zero-order valence-electron chi connectivity index (χ0n) is 10.3. The molecule has 1 aromatic carbocycles. The van der Waals surface area contributed by atoms with Gasteiger partial charge in [0.05, 0.1) is 5.56 Å². The third kappa shape index (κ3) is 1.59. The minimum Gasteiger partial charge on any atom is -0.486 e. The van der Waals surface area contributed by atoms with Gasteiger partial charge in [-0.15, -0.1) is 0 Å². The number of fused-ring (bicyclic) bond motifs is 1. The Labute approximate surface area is 104 Å². The highest BCUT2D eigenvalue weighted by molar-refractivity contribution is 5.75. The predicted octanol–water partition coefficient (Wildman–Crippen LogP) is 2.31. The Balaban J connectivity index is 2.23. The van der Waals surface area contributed by atoms with E-state index in [0.29, 0.717) is 18.9 Å². The van der Waals surface area contributed by atoms with Crippen LogP contribution in [0, 0.1) is 13.8 Å². The number of nitrogens with zero attached hydrogens (tertiary/aromatic N) is 1. The number of anilines is 1. The van der Waals surface area contributed by atoms with Crippen molar-refractivity contribution in [2.45, 2.75) is 13.8 Å². The van der Waals surface area contributed by atoms with Crippen LogP contribution < -0.4 is 15.2 Å². The fourth-order valence-corrected chi connectivity index (χ4v) is 2.07. The molecular weight excluding hydrogens is 232 g/mol. The molecule has 0 atom stereocenters. The van der Waals surface area contributed by atoms with Gasteiger partial charge in [-0.1, -0.05) is 5.16 Å². The van der Waals surface area contributed by atoms with Gasteiger partial charge in [0.15, 0.2) is 11.5 Å². The lowest BCUT2D eigenvalue weighted by atomic mass is 10.0. The van der Waals surface area contributed by atoms with Crippen molar-refractivity contribution in [2.75, 3.05) is 18.9 Å². The van der Waals surface area contributed by atoms with Crippen molar-refractivity contribution in [3.8, 4) is 22.8 Å². The number of aryl methyl sites for hydroxylation is 1. The zero-order valence-corrected chi connectivity index (χ0v) is 10.3. The first-order valence-corrected chi connectivity index (χ1v) is 5.79. The average Bonchev–Trinajstić information content (AvgIpc) is 2.80. The molecule has 0 saturated carbocycles. The number of rotatable bonds is 1. The SMILES string of the molecule is Cc1cc(-c2cc(N)on2)c2c(c1C)OCCO2. The number of hydrogen-bond acceptors (Lipinski definition) is 5. The summed E-state index contributed by atoms with van der Waals surface area (Å²) >= 11 is 0. The summed E-state index contributed by atoms with van der Waals surface area (Å²) in [6.07, 6.45) is 0. The standard InChI is InChI=1S/C13H14N2O3/c1-7-5-9(10-6-11(14)18-15-10)13-12(8(7)2)16-3-4-17-13/h5-6H,3-4,14H2,1-2H3. The van der Waals surface area contributed by atoms with Gasteiger partial charge < -0.3 is 19.7 Å². The maximum atomic E-state index is 5.71. The molecule has 0 amide bonds. The summed E-state index contributed by atoms with van der Waals surface area (Å²) in [7, 11) is 0. The van der Waals surface area contributed by atoms with E-state index >= 15 is 0 Å². The minimum absolute atomic E-state index is 0.286. The van der Waals surface area contributed by atoms with Gasteiger partial charge in [0.25, 0.3) is 0 Å². The van der Waals surface area contributed by atoms with Crippen LogP contribution in [-0.4, -0.2) is 18.4 Å². The van der Waals surface area contributed by atoms with E-state index in [1.807, 2.05) is 19.9 Å². The van der Waals surface area contributed by atoms with E-state index in [1.165, 1.54) is 0 Å². The molecule has 0 saturated heterocycles. The van der Waals surface area contributed by atoms with Crippen LogP contribution in [-0.2, 0) is 0 Å². The first kappa shape index (κ1) is 11.0. The monoisotopic (exact) mass is 246 g/mol. The van der Waals surface area contributed by atoms with Crippen molar-refractivity contribution in [3.05, 3.63) is 23.3 Å². The third-order valence-electron chi connectivity index (χ3n) is 3.12. The van der Waals surface area contributed by atoms with Crippen molar-refractivity contribution in [1.82, 2.24) is 5.16 Å². The number of nitrogen functional groups attached to an aromatic ring is 1. The van der Waals surface area contributed by atoms with Crippen LogP contribution in [0.2, 0.25) is 0 Å². The highest BCUT2D eigenvalue weighted by Crippen LogP contribution is 2.43. The molecule has 0 aliphatic carbocycles. The molecule has 2 heterocycles. The van der Waals surface area contributed by atoms with Crippen LogP contribution >= 0.6 is 0 Å². The van der Waals surface area contributed by atoms with Crippen LogP contribution in [0.1, 0.15) is 11.1 Å². The second-order valence-corrected chi connectivity index (χ2v) is 4.34. The van der Waals surface area contributed by atoms with Crippen LogP contribution in [0.3, 0.4) is 0 Å². The average molecular weight is 246 g/mol. The molecule has 0 fully saturated rings. The van der Waals surface area contributed by atoms with E-state index in [0.717, 1.165) is 28.2 Å². The van der Waals surface area contributed by atoms with E-state index < -0.39 is 0 Å². The van der Waals surface area contributed by atoms with Crippen LogP contribution in [0.4, 0.5) is 5.88 Å². The Kier molecular flexibility index (Phi) is 2.40. The summed E-state index contributed by atoms with van der Waals surface area (Å²) < 4.78 is 16.3. The second kappa shape index (κ2) is 3.94. The summed E-state index contributed by atoms with van der Waals surface area (Å²) in [5, 5.41) is 3.93. The molecule has 1 aliphatic heterocycles. The molecule has 3 rings (SSSR count). The summed E-state index contributed by atoms with van der Waals surface area (Å²) in [4.78, 5) is 0. The minimum atomic E-state index is 0.286. The Hall–Kier alpha value is -2.17. The normalized spacial score (nSPS) is 13.7. The number of hydrogen-bond donors (Lipinski definition) is 1. The lowest BCUT2D eigenvalue weighted by Gasteiger charge is -2.23. The van der Waals surface area contributed by atoms with Gasteiger partial charge in [-0.05, 0) is 31.0 Å². The molecule has 0 unspecified atom stereocenters. The molecule has 1 aliphatic rings. The Morgan fingerprint density at radius 2 is 1.83 bits per heavy atom. The molecule has 18 heavy (non-hydrogen) atoms. The highest BCUT2D eigenvalue weighted by atomic mass is 16.6. The van der Waals surface area contributed by atoms with Gasteiger partial charge in [-0.3, -0.25) is 0 Å². The first-order chi connectivity index (χ1) is 8.66. The molecule has 0 bridgehead atoms. The van der Waals surface area contributed by atoms with Crippen molar-refractivity contribution < 1.29 is 14.0 Å². The zero-order chi connectivity index (χ0) is 12.7. The fraction of sp³-hybridized carbons (Fsp3) is 0.308. The van der Waals surface area contributed by atoms with E-state index in [4.69, 9.17) is 19.7 Å². The largest absolute Gasteiger partial charge is 0.486 e. The van der Waals surface area contributed by atoms with Crippen molar-refractivity contribution in [1.29, 1.82) is 0 Å². The summed E-state index contributed by atoms with van der Waals surface area (Å²) in [5.74, 6) is 1.80. The quantitative estimate of drug-likeness (QED) is 0.836. The van der Waals surface area contributed by atoms with E-state index in [2.05, 4.69) is 5.16 Å². The van der Waals surface area contributed by atoms with Gasteiger partial charge >= 0.3 is 0 Å². The Bertz CT molecular complexity index is 605. The summed E-state index contributed by atoms with van der Waals surface area (Å²) in [6, 6.07) is 3.70. The molecule has 5 heteroatoms. The summed E-state index contributed by atoms with van der Waals surface area (Å²) in [6.45, 7) is 5.15. The molecule has 0 radical (unpaired) electrons. The van der Waals surface area contributed by atoms with Gasteiger partial charge in [-0.2, -0.15) is 0 Å². The molecule has 2 aromatic rings. The first-order valence-electron chi connectivity index (χ1n) is 5.79.